The van der Waals surface area contributed by atoms with Gasteiger partial charge in [-0.05, 0) is 25.0 Å². The molecule has 0 saturated carbocycles. The molecule has 0 radical (unpaired) electrons. The Kier molecular flexibility index (Phi) is 2.51. The SMILES string of the molecule is Nc1ccc2nc(C3CCS(=O)(=O)CC3)nn2c1. The van der Waals surface area contributed by atoms with E-state index in [1.165, 1.54) is 0 Å². The lowest BCUT2D eigenvalue weighted by Crippen LogP contribution is -2.22. The number of hydrogen-bond acceptors (Lipinski definition) is 5. The van der Waals surface area contributed by atoms with Crippen molar-refractivity contribution in [3.05, 3.63) is 24.2 Å². The van der Waals surface area contributed by atoms with Crippen LogP contribution < -0.4 is 5.73 Å². The summed E-state index contributed by atoms with van der Waals surface area (Å²) in [5.41, 5.74) is 7.05. The molecule has 0 spiro atoms. The normalized spacial score (nSPS) is 20.2. The Labute approximate surface area is 105 Å². The molecular weight excluding hydrogens is 252 g/mol. The minimum absolute atomic E-state index is 0.134. The predicted octanol–water partition coefficient (Wildman–Crippen LogP) is 0.604. The van der Waals surface area contributed by atoms with E-state index in [1.54, 1.807) is 16.8 Å². The maximum atomic E-state index is 11.4. The number of anilines is 1. The monoisotopic (exact) mass is 266 g/mol. The second-order valence-electron chi connectivity index (χ2n) is 4.66. The number of nitrogens with zero attached hydrogens (tertiary/aromatic N) is 3. The molecule has 0 unspecified atom stereocenters. The summed E-state index contributed by atoms with van der Waals surface area (Å²) in [6.07, 6.45) is 2.93. The number of pyridine rings is 1. The zero-order chi connectivity index (χ0) is 12.8. The Hall–Kier alpha value is -1.63. The van der Waals surface area contributed by atoms with Crippen LogP contribution in [-0.4, -0.2) is 34.5 Å². The van der Waals surface area contributed by atoms with Gasteiger partial charge in [0, 0.05) is 5.92 Å². The Morgan fingerprint density at radius 2 is 2.00 bits per heavy atom. The molecule has 96 valence electrons. The third-order valence-corrected chi connectivity index (χ3v) is 5.01. The lowest BCUT2D eigenvalue weighted by molar-refractivity contribution is 0.537. The third-order valence-electron chi connectivity index (χ3n) is 3.29. The summed E-state index contributed by atoms with van der Waals surface area (Å²) in [6.45, 7) is 0. The third kappa shape index (κ3) is 2.05. The predicted molar refractivity (Wildman–Crippen MR) is 68.0 cm³/mol. The van der Waals surface area contributed by atoms with E-state index >= 15 is 0 Å². The molecule has 1 aliphatic rings. The molecule has 2 N–H and O–H groups in total. The second-order valence-corrected chi connectivity index (χ2v) is 6.96. The molecular formula is C11H14N4O2S. The molecule has 0 bridgehead atoms. The number of fused-ring (bicyclic) bond motifs is 1. The molecule has 6 nitrogen and oxygen atoms in total. The molecule has 1 fully saturated rings. The van der Waals surface area contributed by atoms with E-state index < -0.39 is 9.84 Å². The first-order chi connectivity index (χ1) is 8.53. The molecule has 0 atom stereocenters. The van der Waals surface area contributed by atoms with Crippen LogP contribution in [0.3, 0.4) is 0 Å². The van der Waals surface area contributed by atoms with Gasteiger partial charge in [0.15, 0.2) is 11.5 Å². The van der Waals surface area contributed by atoms with Gasteiger partial charge in [-0.15, -0.1) is 0 Å². The molecule has 2 aromatic heterocycles. The first kappa shape index (κ1) is 11.5. The Morgan fingerprint density at radius 1 is 1.28 bits per heavy atom. The quantitative estimate of drug-likeness (QED) is 0.816. The van der Waals surface area contributed by atoms with Crippen molar-refractivity contribution in [1.29, 1.82) is 0 Å². The molecule has 7 heteroatoms. The van der Waals surface area contributed by atoms with Gasteiger partial charge in [0.05, 0.1) is 23.4 Å². The van der Waals surface area contributed by atoms with Crippen LogP contribution in [0.2, 0.25) is 0 Å². The van der Waals surface area contributed by atoms with Crippen molar-refractivity contribution in [2.24, 2.45) is 0 Å². The number of rotatable bonds is 1. The zero-order valence-corrected chi connectivity index (χ0v) is 10.6. The van der Waals surface area contributed by atoms with Crippen LogP contribution in [0.5, 0.6) is 0 Å². The highest BCUT2D eigenvalue weighted by Gasteiger charge is 2.27. The number of nitrogen functional groups attached to an aromatic ring is 1. The summed E-state index contributed by atoms with van der Waals surface area (Å²) in [4.78, 5) is 4.43. The lowest BCUT2D eigenvalue weighted by atomic mass is 10.0. The Balaban J connectivity index is 1.91. The van der Waals surface area contributed by atoms with Crippen LogP contribution in [0.4, 0.5) is 5.69 Å². The summed E-state index contributed by atoms with van der Waals surface area (Å²) in [6, 6.07) is 3.59. The van der Waals surface area contributed by atoms with Crippen molar-refractivity contribution >= 4 is 21.2 Å². The topological polar surface area (TPSA) is 90.3 Å². The van der Waals surface area contributed by atoms with Crippen LogP contribution in [0.1, 0.15) is 24.6 Å². The van der Waals surface area contributed by atoms with Gasteiger partial charge in [-0.1, -0.05) is 0 Å². The Morgan fingerprint density at radius 3 is 2.72 bits per heavy atom. The molecule has 3 heterocycles. The number of nitrogens with two attached hydrogens (primary N) is 1. The summed E-state index contributed by atoms with van der Waals surface area (Å²) in [5.74, 6) is 1.32. The fraction of sp³-hybridized carbons (Fsp3) is 0.455. The minimum Gasteiger partial charge on any atom is -0.397 e. The van der Waals surface area contributed by atoms with Gasteiger partial charge in [-0.25, -0.2) is 17.9 Å². The maximum Gasteiger partial charge on any atom is 0.155 e. The highest BCUT2D eigenvalue weighted by atomic mass is 32.2. The van der Waals surface area contributed by atoms with Crippen LogP contribution in [-0.2, 0) is 9.84 Å². The van der Waals surface area contributed by atoms with Gasteiger partial charge in [0.1, 0.15) is 9.84 Å². The number of sulfone groups is 1. The van der Waals surface area contributed by atoms with Gasteiger partial charge in [-0.2, -0.15) is 5.10 Å². The first-order valence-corrected chi connectivity index (χ1v) is 7.68. The molecule has 1 saturated heterocycles. The molecule has 1 aliphatic heterocycles. The first-order valence-electron chi connectivity index (χ1n) is 5.86. The van der Waals surface area contributed by atoms with E-state index in [0.717, 1.165) is 11.5 Å². The van der Waals surface area contributed by atoms with Crippen molar-refractivity contribution in [3.63, 3.8) is 0 Å². The number of aromatic nitrogens is 3. The number of hydrogen-bond donors (Lipinski definition) is 1. The summed E-state index contributed by atoms with van der Waals surface area (Å²) in [7, 11) is -2.84. The molecule has 3 rings (SSSR count). The fourth-order valence-corrected chi connectivity index (χ4v) is 3.73. The average Bonchev–Trinajstić information content (AvgIpc) is 2.71. The van der Waals surface area contributed by atoms with E-state index in [1.807, 2.05) is 6.07 Å². The average molecular weight is 266 g/mol. The van der Waals surface area contributed by atoms with Crippen molar-refractivity contribution in [2.75, 3.05) is 17.2 Å². The van der Waals surface area contributed by atoms with Crippen LogP contribution in [0.25, 0.3) is 5.65 Å². The molecule has 0 amide bonds. The van der Waals surface area contributed by atoms with Crippen LogP contribution in [0, 0.1) is 0 Å². The van der Waals surface area contributed by atoms with E-state index in [4.69, 9.17) is 5.73 Å². The molecule has 0 aromatic carbocycles. The van der Waals surface area contributed by atoms with Crippen molar-refractivity contribution in [2.45, 2.75) is 18.8 Å². The molecule has 0 aliphatic carbocycles. The van der Waals surface area contributed by atoms with Gasteiger partial charge in [0.25, 0.3) is 0 Å². The summed E-state index contributed by atoms with van der Waals surface area (Å²) >= 11 is 0. The summed E-state index contributed by atoms with van der Waals surface area (Å²) < 4.78 is 24.4. The second kappa shape index (κ2) is 3.94. The van der Waals surface area contributed by atoms with Crippen LogP contribution in [0.15, 0.2) is 18.3 Å². The van der Waals surface area contributed by atoms with Crippen LogP contribution >= 0.6 is 0 Å². The van der Waals surface area contributed by atoms with Crippen molar-refractivity contribution < 1.29 is 8.42 Å². The highest BCUT2D eigenvalue weighted by molar-refractivity contribution is 7.91. The van der Waals surface area contributed by atoms with Gasteiger partial charge >= 0.3 is 0 Å². The maximum absolute atomic E-state index is 11.4. The van der Waals surface area contributed by atoms with Gasteiger partial charge in [-0.3, -0.25) is 0 Å². The fourth-order valence-electron chi connectivity index (χ4n) is 2.24. The summed E-state index contributed by atoms with van der Waals surface area (Å²) in [5, 5.41) is 4.38. The van der Waals surface area contributed by atoms with E-state index in [-0.39, 0.29) is 17.4 Å². The molecule has 18 heavy (non-hydrogen) atoms. The van der Waals surface area contributed by atoms with E-state index in [2.05, 4.69) is 10.1 Å². The Bertz CT molecular complexity index is 678. The smallest absolute Gasteiger partial charge is 0.155 e. The minimum atomic E-state index is -2.84. The van der Waals surface area contributed by atoms with E-state index in [9.17, 15) is 8.42 Å². The highest BCUT2D eigenvalue weighted by Crippen LogP contribution is 2.27. The van der Waals surface area contributed by atoms with Gasteiger partial charge in [0.2, 0.25) is 0 Å². The molecule has 2 aromatic rings. The van der Waals surface area contributed by atoms with E-state index in [0.29, 0.717) is 18.5 Å². The van der Waals surface area contributed by atoms with Gasteiger partial charge < -0.3 is 5.73 Å². The lowest BCUT2D eigenvalue weighted by Gasteiger charge is -2.18. The van der Waals surface area contributed by atoms with Crippen molar-refractivity contribution in [1.82, 2.24) is 14.6 Å². The van der Waals surface area contributed by atoms with Crippen molar-refractivity contribution in [3.8, 4) is 0 Å². The standard InChI is InChI=1S/C11H14N4O2S/c12-9-1-2-10-13-11(14-15(10)7-9)8-3-5-18(16,17)6-4-8/h1-2,7-8H,3-6,12H2. The largest absolute Gasteiger partial charge is 0.397 e. The zero-order valence-electron chi connectivity index (χ0n) is 9.78.